The van der Waals surface area contributed by atoms with Gasteiger partial charge in [-0.05, 0) is 24.1 Å². The number of imidazole rings is 1. The minimum atomic E-state index is -0.841. The van der Waals surface area contributed by atoms with Crippen molar-refractivity contribution in [3.8, 4) is 17.2 Å². The number of carbonyl (C=O) groups is 2. The maximum atomic E-state index is 13.2. The van der Waals surface area contributed by atoms with Crippen LogP contribution in [0.15, 0.2) is 66.8 Å². The van der Waals surface area contributed by atoms with E-state index in [1.54, 1.807) is 48.9 Å². The number of amides is 1. The number of rotatable bonds is 9. The molecule has 4 rings (SSSR count). The molecule has 0 unspecified atom stereocenters. The molecule has 2 heterocycles. The zero-order valence-corrected chi connectivity index (χ0v) is 19.8. The van der Waals surface area contributed by atoms with Gasteiger partial charge in [0.05, 0.1) is 39.3 Å². The van der Waals surface area contributed by atoms with E-state index >= 15 is 0 Å². The van der Waals surface area contributed by atoms with E-state index in [-0.39, 0.29) is 17.9 Å². The molecule has 0 spiro atoms. The van der Waals surface area contributed by atoms with E-state index in [1.165, 1.54) is 26.2 Å². The van der Waals surface area contributed by atoms with Crippen molar-refractivity contribution in [3.63, 3.8) is 0 Å². The van der Waals surface area contributed by atoms with Gasteiger partial charge in [-0.1, -0.05) is 30.3 Å². The predicted molar refractivity (Wildman–Crippen MR) is 128 cm³/mol. The van der Waals surface area contributed by atoms with Crippen LogP contribution in [0.5, 0.6) is 17.2 Å². The number of aryl methyl sites for hydroxylation is 1. The van der Waals surface area contributed by atoms with Gasteiger partial charge in [0, 0.05) is 31.0 Å². The minimum absolute atomic E-state index is 0.0121. The lowest BCUT2D eigenvalue weighted by Crippen LogP contribution is -2.31. The summed E-state index contributed by atoms with van der Waals surface area (Å²) in [5.74, 6) is -0.505. The van der Waals surface area contributed by atoms with Crippen LogP contribution in [0.25, 0.3) is 5.76 Å². The summed E-state index contributed by atoms with van der Waals surface area (Å²) in [6, 6.07) is 11.2. The van der Waals surface area contributed by atoms with Crippen molar-refractivity contribution in [2.45, 2.75) is 19.0 Å². The van der Waals surface area contributed by atoms with Gasteiger partial charge in [0.25, 0.3) is 11.7 Å². The molecule has 9 nitrogen and oxygen atoms in total. The quantitative estimate of drug-likeness (QED) is 0.286. The third-order valence-electron chi connectivity index (χ3n) is 5.96. The SMILES string of the molecule is COc1cc([C@@H]2C(=C(O)c3ccccc3)C(=O)C(=O)N2CCCn2ccnc2)cc(OC)c1OC. The number of benzene rings is 2. The van der Waals surface area contributed by atoms with Crippen molar-refractivity contribution in [3.05, 3.63) is 77.9 Å². The van der Waals surface area contributed by atoms with Crippen molar-refractivity contribution < 1.29 is 28.9 Å². The Labute approximate surface area is 203 Å². The standard InChI is InChI=1S/C26H27N3O6/c1-33-19-14-18(15-20(34-2)25(19)35-3)22-21(23(30)17-8-5-4-6-9-17)24(31)26(32)29(22)12-7-11-28-13-10-27-16-28/h4-6,8-10,13-16,22,30H,7,11-12H2,1-3H3/t22-/m1/s1. The molecule has 9 heteroatoms. The van der Waals surface area contributed by atoms with Gasteiger partial charge in [-0.2, -0.15) is 0 Å². The molecule has 1 aliphatic rings. The van der Waals surface area contributed by atoms with Crippen LogP contribution in [-0.4, -0.2) is 59.1 Å². The maximum absolute atomic E-state index is 13.2. The Morgan fingerprint density at radius 2 is 1.69 bits per heavy atom. The number of ether oxygens (including phenoxy) is 3. The van der Waals surface area contributed by atoms with Crippen molar-refractivity contribution in [1.29, 1.82) is 0 Å². The molecular formula is C26H27N3O6. The zero-order valence-electron chi connectivity index (χ0n) is 19.8. The first-order valence-electron chi connectivity index (χ1n) is 11.1. The summed E-state index contributed by atoms with van der Waals surface area (Å²) in [7, 11) is 4.48. The molecule has 0 aliphatic carbocycles. The third-order valence-corrected chi connectivity index (χ3v) is 5.96. The number of hydrogen-bond donors (Lipinski definition) is 1. The van der Waals surface area contributed by atoms with E-state index in [9.17, 15) is 14.7 Å². The second-order valence-corrected chi connectivity index (χ2v) is 7.97. The number of Topliss-reactive ketones (excluding diaryl/α,β-unsaturated/α-hetero) is 1. The molecule has 1 aliphatic heterocycles. The van der Waals surface area contributed by atoms with Gasteiger partial charge >= 0.3 is 0 Å². The fraction of sp³-hybridized carbons (Fsp3) is 0.269. The largest absolute Gasteiger partial charge is 0.507 e. The second-order valence-electron chi connectivity index (χ2n) is 7.97. The van der Waals surface area contributed by atoms with Crippen LogP contribution in [0, 0.1) is 0 Å². The highest BCUT2D eigenvalue weighted by molar-refractivity contribution is 6.46. The lowest BCUT2D eigenvalue weighted by molar-refractivity contribution is -0.139. The first kappa shape index (κ1) is 23.9. The smallest absolute Gasteiger partial charge is 0.295 e. The number of likely N-dealkylation sites (tertiary alicyclic amines) is 1. The maximum Gasteiger partial charge on any atom is 0.295 e. The fourth-order valence-corrected chi connectivity index (χ4v) is 4.31. The lowest BCUT2D eigenvalue weighted by Gasteiger charge is -2.26. The molecule has 1 amide bonds. The molecule has 1 saturated heterocycles. The van der Waals surface area contributed by atoms with Crippen LogP contribution >= 0.6 is 0 Å². The highest BCUT2D eigenvalue weighted by Gasteiger charge is 2.46. The van der Waals surface area contributed by atoms with Gasteiger partial charge < -0.3 is 28.8 Å². The Morgan fingerprint density at radius 3 is 2.26 bits per heavy atom. The van der Waals surface area contributed by atoms with E-state index in [4.69, 9.17) is 14.2 Å². The van der Waals surface area contributed by atoms with Gasteiger partial charge in [-0.15, -0.1) is 0 Å². The summed E-state index contributed by atoms with van der Waals surface area (Å²) in [5.41, 5.74) is 1.01. The van der Waals surface area contributed by atoms with E-state index in [1.807, 2.05) is 16.8 Å². The Hall–Kier alpha value is -4.27. The highest BCUT2D eigenvalue weighted by atomic mass is 16.5. The molecule has 0 saturated carbocycles. The van der Waals surface area contributed by atoms with Crippen LogP contribution in [0.4, 0.5) is 0 Å². The fourth-order valence-electron chi connectivity index (χ4n) is 4.31. The lowest BCUT2D eigenvalue weighted by atomic mass is 9.94. The Bertz CT molecular complexity index is 1210. The Morgan fingerprint density at radius 1 is 1.00 bits per heavy atom. The molecule has 1 atom stereocenters. The molecule has 3 aromatic rings. The monoisotopic (exact) mass is 477 g/mol. The summed E-state index contributed by atoms with van der Waals surface area (Å²) in [6.45, 7) is 0.902. The van der Waals surface area contributed by atoms with Crippen molar-refractivity contribution in [2.24, 2.45) is 0 Å². The normalized spacial score (nSPS) is 17.0. The van der Waals surface area contributed by atoms with Crippen molar-refractivity contribution in [2.75, 3.05) is 27.9 Å². The average molecular weight is 478 g/mol. The number of aliphatic hydroxyl groups is 1. The third kappa shape index (κ3) is 4.57. The number of ketones is 1. The summed E-state index contributed by atoms with van der Waals surface area (Å²) in [4.78, 5) is 31.9. The number of aromatic nitrogens is 2. The average Bonchev–Trinajstić information content (AvgIpc) is 3.50. The number of aliphatic hydroxyl groups excluding tert-OH is 1. The summed E-state index contributed by atoms with van der Waals surface area (Å²) >= 11 is 0. The molecule has 1 N–H and O–H groups in total. The highest BCUT2D eigenvalue weighted by Crippen LogP contribution is 2.45. The van der Waals surface area contributed by atoms with Crippen LogP contribution in [0.2, 0.25) is 0 Å². The molecule has 2 aromatic carbocycles. The molecule has 1 fully saturated rings. The topological polar surface area (TPSA) is 103 Å². The summed E-state index contributed by atoms with van der Waals surface area (Å²) < 4.78 is 18.3. The number of nitrogens with zero attached hydrogens (tertiary/aromatic N) is 3. The Balaban J connectivity index is 1.82. The van der Waals surface area contributed by atoms with Gasteiger partial charge in [0.2, 0.25) is 5.75 Å². The van der Waals surface area contributed by atoms with Gasteiger partial charge in [0.15, 0.2) is 11.5 Å². The molecular weight excluding hydrogens is 450 g/mol. The van der Waals surface area contributed by atoms with Gasteiger partial charge in [-0.25, -0.2) is 4.98 Å². The number of methoxy groups -OCH3 is 3. The van der Waals surface area contributed by atoms with Crippen LogP contribution in [0.3, 0.4) is 0 Å². The van der Waals surface area contributed by atoms with Crippen LogP contribution < -0.4 is 14.2 Å². The van der Waals surface area contributed by atoms with Crippen molar-refractivity contribution in [1.82, 2.24) is 14.5 Å². The molecule has 182 valence electrons. The van der Waals surface area contributed by atoms with Crippen molar-refractivity contribution >= 4 is 17.4 Å². The minimum Gasteiger partial charge on any atom is -0.507 e. The second kappa shape index (κ2) is 10.3. The predicted octanol–water partition coefficient (Wildman–Crippen LogP) is 3.42. The first-order valence-corrected chi connectivity index (χ1v) is 11.1. The molecule has 0 radical (unpaired) electrons. The summed E-state index contributed by atoms with van der Waals surface area (Å²) in [6.07, 6.45) is 5.79. The van der Waals surface area contributed by atoms with Crippen LogP contribution in [0.1, 0.15) is 23.6 Å². The van der Waals surface area contributed by atoms with E-state index in [0.29, 0.717) is 41.3 Å². The number of carbonyl (C=O) groups excluding carboxylic acids is 2. The molecule has 35 heavy (non-hydrogen) atoms. The van der Waals surface area contributed by atoms with E-state index in [0.717, 1.165) is 0 Å². The van der Waals surface area contributed by atoms with Gasteiger partial charge in [0.1, 0.15) is 5.76 Å². The zero-order chi connectivity index (χ0) is 24.9. The number of hydrogen-bond acceptors (Lipinski definition) is 7. The first-order chi connectivity index (χ1) is 17.0. The van der Waals surface area contributed by atoms with Crippen LogP contribution in [-0.2, 0) is 16.1 Å². The summed E-state index contributed by atoms with van der Waals surface area (Å²) in [5, 5.41) is 11.2. The Kier molecular flexibility index (Phi) is 7.05. The molecule has 0 bridgehead atoms. The molecule has 1 aromatic heterocycles. The van der Waals surface area contributed by atoms with E-state index < -0.39 is 17.7 Å². The van der Waals surface area contributed by atoms with Gasteiger partial charge in [-0.3, -0.25) is 9.59 Å². The van der Waals surface area contributed by atoms with E-state index in [2.05, 4.69) is 4.98 Å².